The van der Waals surface area contributed by atoms with Gasteiger partial charge in [-0.1, -0.05) is 0 Å². The summed E-state index contributed by atoms with van der Waals surface area (Å²) in [6.07, 6.45) is -5.09. The molecule has 3 atom stereocenters. The van der Waals surface area contributed by atoms with Crippen LogP contribution in [0, 0.1) is 0 Å². The van der Waals surface area contributed by atoms with Gasteiger partial charge >= 0.3 is 0 Å². The first kappa shape index (κ1) is 10.4. The molecule has 0 bridgehead atoms. The van der Waals surface area contributed by atoms with Crippen LogP contribution in [0.15, 0.2) is 0 Å². The van der Waals surface area contributed by atoms with Crippen molar-refractivity contribution >= 4 is 6.29 Å². The van der Waals surface area contributed by atoms with Crippen LogP contribution in [0.2, 0.25) is 0 Å². The normalized spacial score (nSPS) is 18.9. The van der Waals surface area contributed by atoms with Crippen LogP contribution < -0.4 is 0 Å². The van der Waals surface area contributed by atoms with Crippen LogP contribution >= 0.6 is 0 Å². The van der Waals surface area contributed by atoms with E-state index in [2.05, 4.69) is 4.94 Å². The minimum absolute atomic E-state index is 0.0104. The van der Waals surface area contributed by atoms with Crippen molar-refractivity contribution in [2.75, 3.05) is 6.61 Å². The van der Waals surface area contributed by atoms with Crippen LogP contribution in [0.5, 0.6) is 0 Å². The number of aliphatic hydroxyl groups excluding tert-OH is 3. The molecule has 5 nitrogen and oxygen atoms in total. The van der Waals surface area contributed by atoms with Crippen LogP contribution in [0.4, 0.5) is 4.53 Å². The second-order valence-electron chi connectivity index (χ2n) is 1.93. The van der Waals surface area contributed by atoms with Gasteiger partial charge in [0.05, 0.1) is 6.61 Å². The zero-order valence-electron chi connectivity index (χ0n) is 5.55. The maximum Gasteiger partial charge on any atom is 0.182 e. The standard InChI is InChI=1S/C5H9FO5/c6-11-4(2-8)5(10)3(9)1-7/h2-5,7,9-10H,1H2/t3-,4+,5-/m1/s1. The highest BCUT2D eigenvalue weighted by atomic mass is 19.3. The second-order valence-corrected chi connectivity index (χ2v) is 1.93. The van der Waals surface area contributed by atoms with Crippen LogP contribution in [0.3, 0.4) is 0 Å². The van der Waals surface area contributed by atoms with E-state index in [1.54, 1.807) is 0 Å². The summed E-state index contributed by atoms with van der Waals surface area (Å²) in [5, 5.41) is 25.7. The van der Waals surface area contributed by atoms with E-state index in [0.29, 0.717) is 0 Å². The first-order valence-electron chi connectivity index (χ1n) is 2.87. The SMILES string of the molecule is O=C[C@H](OF)[C@H](O)[C@H](O)CO. The Morgan fingerprint density at radius 1 is 1.55 bits per heavy atom. The lowest BCUT2D eigenvalue weighted by Gasteiger charge is -2.17. The van der Waals surface area contributed by atoms with Gasteiger partial charge in [0.1, 0.15) is 12.2 Å². The molecular weight excluding hydrogens is 159 g/mol. The highest BCUT2D eigenvalue weighted by Gasteiger charge is 2.26. The molecule has 0 saturated heterocycles. The van der Waals surface area contributed by atoms with E-state index in [9.17, 15) is 9.32 Å². The van der Waals surface area contributed by atoms with E-state index in [4.69, 9.17) is 15.3 Å². The lowest BCUT2D eigenvalue weighted by atomic mass is 10.1. The van der Waals surface area contributed by atoms with Crippen LogP contribution in [-0.4, -0.2) is 46.5 Å². The molecule has 0 amide bonds. The van der Waals surface area contributed by atoms with Crippen LogP contribution in [0.1, 0.15) is 0 Å². The van der Waals surface area contributed by atoms with Crippen molar-refractivity contribution in [2.24, 2.45) is 0 Å². The molecule has 3 N–H and O–H groups in total. The maximum absolute atomic E-state index is 11.3. The Hall–Kier alpha value is -0.560. The molecule has 0 radical (unpaired) electrons. The number of hydrogen-bond acceptors (Lipinski definition) is 5. The molecule has 11 heavy (non-hydrogen) atoms. The molecule has 0 rings (SSSR count). The van der Waals surface area contributed by atoms with E-state index >= 15 is 0 Å². The zero-order valence-corrected chi connectivity index (χ0v) is 5.55. The number of halogens is 1. The van der Waals surface area contributed by atoms with Crippen molar-refractivity contribution < 1.29 is 29.6 Å². The smallest absolute Gasteiger partial charge is 0.182 e. The third-order valence-corrected chi connectivity index (χ3v) is 1.15. The fraction of sp³-hybridized carbons (Fsp3) is 0.800. The summed E-state index contributed by atoms with van der Waals surface area (Å²) >= 11 is 0. The predicted octanol–water partition coefficient (Wildman–Crippen LogP) is -1.83. The molecular formula is C5H9FO5. The lowest BCUT2D eigenvalue weighted by molar-refractivity contribution is -0.214. The molecule has 0 aromatic heterocycles. The fourth-order valence-corrected chi connectivity index (χ4v) is 0.481. The van der Waals surface area contributed by atoms with Crippen molar-refractivity contribution in [1.82, 2.24) is 0 Å². The Balaban J connectivity index is 3.96. The van der Waals surface area contributed by atoms with Gasteiger partial charge in [0.25, 0.3) is 0 Å². The van der Waals surface area contributed by atoms with Gasteiger partial charge in [0.2, 0.25) is 0 Å². The van der Waals surface area contributed by atoms with Crippen molar-refractivity contribution in [2.45, 2.75) is 18.3 Å². The lowest BCUT2D eigenvalue weighted by Crippen LogP contribution is -2.40. The molecule has 0 aromatic rings. The van der Waals surface area contributed by atoms with E-state index in [-0.39, 0.29) is 6.29 Å². The zero-order chi connectivity index (χ0) is 8.85. The highest BCUT2D eigenvalue weighted by Crippen LogP contribution is 2.02. The summed E-state index contributed by atoms with van der Waals surface area (Å²) < 4.78 is 11.3. The average molecular weight is 168 g/mol. The van der Waals surface area contributed by atoms with Crippen LogP contribution in [-0.2, 0) is 9.74 Å². The first-order chi connectivity index (χ1) is 5.17. The first-order valence-corrected chi connectivity index (χ1v) is 2.87. The minimum atomic E-state index is -1.75. The monoisotopic (exact) mass is 168 g/mol. The van der Waals surface area contributed by atoms with Crippen molar-refractivity contribution in [1.29, 1.82) is 0 Å². The van der Waals surface area contributed by atoms with Gasteiger partial charge in [-0.25, -0.2) is 0 Å². The summed E-state index contributed by atoms with van der Waals surface area (Å²) in [4.78, 5) is 12.9. The van der Waals surface area contributed by atoms with Gasteiger partial charge in [-0.05, 0) is 4.53 Å². The maximum atomic E-state index is 11.3. The molecule has 0 fully saturated rings. The Morgan fingerprint density at radius 3 is 2.36 bits per heavy atom. The van der Waals surface area contributed by atoms with Gasteiger partial charge in [-0.2, -0.15) is 4.94 Å². The second kappa shape index (κ2) is 5.14. The van der Waals surface area contributed by atoms with E-state index in [1.807, 2.05) is 0 Å². The molecule has 6 heteroatoms. The van der Waals surface area contributed by atoms with Gasteiger partial charge in [-0.3, -0.25) is 0 Å². The molecule has 0 aliphatic heterocycles. The molecule has 0 aliphatic rings. The number of aliphatic hydroxyl groups is 3. The van der Waals surface area contributed by atoms with Crippen molar-refractivity contribution in [3.05, 3.63) is 0 Å². The predicted molar refractivity (Wildman–Crippen MR) is 31.1 cm³/mol. The number of carbonyl (C=O) groups excluding carboxylic acids is 1. The minimum Gasteiger partial charge on any atom is -0.394 e. The average Bonchev–Trinajstić information content (AvgIpc) is 2.05. The van der Waals surface area contributed by atoms with Gasteiger partial charge in [0.15, 0.2) is 12.4 Å². The summed E-state index contributed by atoms with van der Waals surface area (Å²) in [7, 11) is 0. The van der Waals surface area contributed by atoms with E-state index < -0.39 is 24.9 Å². The van der Waals surface area contributed by atoms with Crippen LogP contribution in [0.25, 0.3) is 0 Å². The Bertz CT molecular complexity index is 119. The molecule has 0 unspecified atom stereocenters. The molecule has 0 spiro atoms. The van der Waals surface area contributed by atoms with Crippen molar-refractivity contribution in [3.63, 3.8) is 0 Å². The number of aldehydes is 1. The third kappa shape index (κ3) is 2.89. The molecule has 0 saturated carbocycles. The topological polar surface area (TPSA) is 87.0 Å². The van der Waals surface area contributed by atoms with E-state index in [1.165, 1.54) is 0 Å². The molecule has 0 aliphatic carbocycles. The molecule has 0 heterocycles. The Labute approximate surface area is 61.9 Å². The largest absolute Gasteiger partial charge is 0.394 e. The Morgan fingerprint density at radius 2 is 2.09 bits per heavy atom. The number of hydrogen-bond donors (Lipinski definition) is 3. The number of rotatable bonds is 5. The summed E-state index contributed by atoms with van der Waals surface area (Å²) in [5.41, 5.74) is 0. The fourth-order valence-electron chi connectivity index (χ4n) is 0.481. The van der Waals surface area contributed by atoms with Gasteiger partial charge < -0.3 is 20.1 Å². The molecule has 0 aromatic carbocycles. The quantitative estimate of drug-likeness (QED) is 0.420. The Kier molecular flexibility index (Phi) is 4.88. The number of carbonyl (C=O) groups is 1. The van der Waals surface area contributed by atoms with Gasteiger partial charge in [0, 0.05) is 0 Å². The molecule has 66 valence electrons. The van der Waals surface area contributed by atoms with Gasteiger partial charge in [-0.15, -0.1) is 0 Å². The third-order valence-electron chi connectivity index (χ3n) is 1.15. The summed E-state index contributed by atoms with van der Waals surface area (Å²) in [6.45, 7) is -0.769. The summed E-state index contributed by atoms with van der Waals surface area (Å²) in [5.74, 6) is 0. The highest BCUT2D eigenvalue weighted by molar-refractivity contribution is 5.57. The van der Waals surface area contributed by atoms with Crippen molar-refractivity contribution in [3.8, 4) is 0 Å². The van der Waals surface area contributed by atoms with E-state index in [0.717, 1.165) is 0 Å². The summed E-state index contributed by atoms with van der Waals surface area (Å²) in [6, 6.07) is 0.